The SMILES string of the molecule is O=c1[nH]c(=O)n([O][Al]2[CH2]C(O)[CH]2CO)cc1C#Cc1ccc2c3cccc4cccc(c5cccc1c52)c43. The second-order valence-electron chi connectivity index (χ2n) is 9.77. The summed E-state index contributed by atoms with van der Waals surface area (Å²) in [4.78, 5) is 27.1. The molecule has 1 aliphatic rings. The quantitative estimate of drug-likeness (QED) is 0.145. The summed E-state index contributed by atoms with van der Waals surface area (Å²) in [5.41, 5.74) is -0.443. The van der Waals surface area contributed by atoms with E-state index in [9.17, 15) is 19.8 Å². The number of aromatic amines is 1. The molecule has 0 aliphatic carbocycles. The third-order valence-electron chi connectivity index (χ3n) is 7.67. The molecule has 1 fully saturated rings. The lowest BCUT2D eigenvalue weighted by Crippen LogP contribution is -2.54. The van der Waals surface area contributed by atoms with E-state index in [4.69, 9.17) is 3.89 Å². The Hall–Kier alpha value is -4.11. The number of hydrogen-bond acceptors (Lipinski definition) is 5. The van der Waals surface area contributed by atoms with E-state index in [-0.39, 0.29) is 17.0 Å². The summed E-state index contributed by atoms with van der Waals surface area (Å²) in [7, 11) is 0. The average Bonchev–Trinajstić information content (AvgIpc) is 2.92. The van der Waals surface area contributed by atoms with Crippen molar-refractivity contribution in [2.45, 2.75) is 16.2 Å². The molecular weight excluding hydrogens is 495 g/mol. The van der Waals surface area contributed by atoms with Gasteiger partial charge >= 0.3 is 20.2 Å². The fraction of sp³-hybridized carbons (Fsp3) is 0.133. The molecule has 0 amide bonds. The van der Waals surface area contributed by atoms with E-state index >= 15 is 0 Å². The van der Waals surface area contributed by atoms with Gasteiger partial charge in [0.1, 0.15) is 5.56 Å². The highest BCUT2D eigenvalue weighted by Crippen LogP contribution is 2.40. The topological polar surface area (TPSA) is 105 Å². The van der Waals surface area contributed by atoms with Crippen molar-refractivity contribution in [1.29, 1.82) is 0 Å². The van der Waals surface area contributed by atoms with E-state index in [2.05, 4.69) is 65.4 Å². The Morgan fingerprint density at radius 1 is 0.868 bits per heavy atom. The first-order valence-corrected chi connectivity index (χ1v) is 14.4. The number of rotatable bonds is 3. The predicted molar refractivity (Wildman–Crippen MR) is 149 cm³/mol. The van der Waals surface area contributed by atoms with Crippen molar-refractivity contribution in [3.05, 3.63) is 105 Å². The Morgan fingerprint density at radius 3 is 2.21 bits per heavy atom. The van der Waals surface area contributed by atoms with Gasteiger partial charge in [-0.1, -0.05) is 72.5 Å². The van der Waals surface area contributed by atoms with Crippen LogP contribution in [-0.2, 0) is 0 Å². The first kappa shape index (κ1) is 23.0. The summed E-state index contributed by atoms with van der Waals surface area (Å²) in [5, 5.41) is 28.9. The van der Waals surface area contributed by atoms with Crippen LogP contribution in [0.3, 0.4) is 0 Å². The van der Waals surface area contributed by atoms with Gasteiger partial charge in [0.05, 0.1) is 6.20 Å². The van der Waals surface area contributed by atoms with Crippen LogP contribution in [0.2, 0.25) is 10.1 Å². The number of benzene rings is 5. The van der Waals surface area contributed by atoms with E-state index in [0.29, 0.717) is 5.28 Å². The minimum absolute atomic E-state index is 0.0922. The molecule has 1 aliphatic heterocycles. The molecule has 1 saturated heterocycles. The lowest BCUT2D eigenvalue weighted by atomic mass is 9.88. The van der Waals surface area contributed by atoms with Crippen LogP contribution < -0.4 is 15.1 Å². The van der Waals surface area contributed by atoms with Gasteiger partial charge in [-0.05, 0) is 54.4 Å². The molecule has 184 valence electrons. The van der Waals surface area contributed by atoms with Crippen LogP contribution in [0.5, 0.6) is 0 Å². The minimum atomic E-state index is -2.04. The molecule has 2 heterocycles. The van der Waals surface area contributed by atoms with Gasteiger partial charge in [-0.25, -0.2) is 4.79 Å². The zero-order chi connectivity index (χ0) is 26.0. The largest absolute Gasteiger partial charge is 0.585 e. The first-order chi connectivity index (χ1) is 18.5. The number of hydrogen-bond donors (Lipinski definition) is 3. The van der Waals surface area contributed by atoms with E-state index in [1.165, 1.54) is 27.7 Å². The molecule has 3 N–H and O–H groups in total. The van der Waals surface area contributed by atoms with Crippen LogP contribution >= 0.6 is 0 Å². The van der Waals surface area contributed by atoms with E-state index < -0.39 is 31.8 Å². The number of nitrogens with zero attached hydrogens (tertiary/aromatic N) is 1. The predicted octanol–water partition coefficient (Wildman–Crippen LogP) is 3.14. The van der Waals surface area contributed by atoms with Crippen LogP contribution in [0.15, 0.2) is 82.5 Å². The summed E-state index contributed by atoms with van der Waals surface area (Å²) in [5.74, 6) is 6.07. The second kappa shape index (κ2) is 8.73. The van der Waals surface area contributed by atoms with E-state index in [0.717, 1.165) is 31.8 Å². The molecule has 2 atom stereocenters. The van der Waals surface area contributed by atoms with Crippen LogP contribution in [0, 0.1) is 11.8 Å². The Labute approximate surface area is 220 Å². The van der Waals surface area contributed by atoms with Crippen LogP contribution in [0.25, 0.3) is 43.1 Å². The molecule has 8 heteroatoms. The number of aliphatic hydroxyl groups excluding tert-OH is 2. The Kier molecular flexibility index (Phi) is 5.30. The Bertz CT molecular complexity index is 2020. The van der Waals surface area contributed by atoms with E-state index in [1.807, 2.05) is 18.2 Å². The molecular formula is C30H21AlN2O5. The second-order valence-corrected chi connectivity index (χ2v) is 12.4. The standard InChI is InChI=1S/C26H13N2O3.C4H8O2.Al/c29-25-17(14-28(31)26(30)27-25)11-10-15-12-13-22-20-8-2-5-16-4-1-7-19(23(16)20)21-9-3-6-18(15)24(21)22;1-4(6)2-3-5;/h1-9,12-14H,(H,27,29,30);2,4-6H,1,3H2;/q-1;;+1. The molecule has 7 rings (SSSR count). The maximum atomic E-state index is 12.5. The van der Waals surface area contributed by atoms with Gasteiger partial charge in [0.25, 0.3) is 5.56 Å². The average molecular weight is 516 g/mol. The van der Waals surface area contributed by atoms with Crippen molar-refractivity contribution < 1.29 is 14.1 Å². The van der Waals surface area contributed by atoms with Crippen molar-refractivity contribution in [2.24, 2.45) is 0 Å². The van der Waals surface area contributed by atoms with Crippen LogP contribution in [-0.4, -0.2) is 47.1 Å². The Morgan fingerprint density at radius 2 is 1.50 bits per heavy atom. The highest BCUT2D eigenvalue weighted by Gasteiger charge is 2.51. The van der Waals surface area contributed by atoms with E-state index in [1.54, 1.807) is 0 Å². The maximum absolute atomic E-state index is 12.5. The molecule has 38 heavy (non-hydrogen) atoms. The van der Waals surface area contributed by atoms with Crippen LogP contribution in [0.1, 0.15) is 11.1 Å². The third-order valence-corrected chi connectivity index (χ3v) is 10.7. The lowest BCUT2D eigenvalue weighted by Gasteiger charge is -2.35. The number of aliphatic hydroxyl groups is 2. The molecule has 5 aromatic carbocycles. The fourth-order valence-electron chi connectivity index (χ4n) is 5.66. The van der Waals surface area contributed by atoms with Gasteiger partial charge in [-0.3, -0.25) is 9.78 Å². The molecule has 1 aromatic heterocycles. The van der Waals surface area contributed by atoms with Gasteiger partial charge < -0.3 is 14.1 Å². The zero-order valence-corrected chi connectivity index (χ0v) is 21.3. The summed E-state index contributed by atoms with van der Waals surface area (Å²) in [6.45, 7) is -0.202. The van der Waals surface area contributed by atoms with Gasteiger partial charge in [0.2, 0.25) is 0 Å². The molecule has 0 radical (unpaired) electrons. The maximum Gasteiger partial charge on any atom is 0.585 e. The molecule has 0 saturated carbocycles. The highest BCUT2D eigenvalue weighted by molar-refractivity contribution is 6.58. The molecule has 7 nitrogen and oxygen atoms in total. The number of H-pyrrole nitrogens is 1. The molecule has 2 unspecified atom stereocenters. The Balaban J connectivity index is 1.36. The number of fused-ring (bicyclic) bond motifs is 2. The highest BCUT2D eigenvalue weighted by atomic mass is 27.2. The lowest BCUT2D eigenvalue weighted by molar-refractivity contribution is 0.0951. The van der Waals surface area contributed by atoms with Gasteiger partial charge in [-0.15, -0.1) is 0 Å². The van der Waals surface area contributed by atoms with Gasteiger partial charge in [0, 0.05) is 23.1 Å². The molecule has 0 spiro atoms. The minimum Gasteiger partial charge on any atom is -0.554 e. The molecule has 0 bridgehead atoms. The smallest absolute Gasteiger partial charge is 0.554 e. The number of nitrogens with one attached hydrogen (secondary N) is 1. The normalized spacial score (nSPS) is 17.2. The third kappa shape index (κ3) is 3.45. The monoisotopic (exact) mass is 516 g/mol. The van der Waals surface area contributed by atoms with Gasteiger partial charge in [-0.2, -0.15) is 4.73 Å². The summed E-state index contributed by atoms with van der Waals surface area (Å²) in [6, 6.07) is 23.0. The first-order valence-electron chi connectivity index (χ1n) is 12.5. The van der Waals surface area contributed by atoms with Crippen molar-refractivity contribution in [3.8, 4) is 11.8 Å². The summed E-state index contributed by atoms with van der Waals surface area (Å²) >= 11 is -2.04. The fourth-order valence-corrected chi connectivity index (χ4v) is 7.86. The van der Waals surface area contributed by atoms with Crippen molar-refractivity contribution in [3.63, 3.8) is 0 Å². The summed E-state index contributed by atoms with van der Waals surface area (Å²) in [6.07, 6.45) is 0.670. The van der Waals surface area contributed by atoms with Crippen molar-refractivity contribution in [1.82, 2.24) is 9.71 Å². The summed E-state index contributed by atoms with van der Waals surface area (Å²) < 4.78 is 6.40. The zero-order valence-electron chi connectivity index (χ0n) is 20.1. The van der Waals surface area contributed by atoms with Crippen molar-refractivity contribution >= 4 is 57.6 Å². The van der Waals surface area contributed by atoms with Crippen molar-refractivity contribution in [2.75, 3.05) is 6.61 Å². The van der Waals surface area contributed by atoms with Gasteiger partial charge in [0.15, 0.2) is 0 Å². The molecule has 6 aromatic rings. The van der Waals surface area contributed by atoms with Crippen LogP contribution in [0.4, 0.5) is 0 Å². The number of aromatic nitrogens is 2.